The summed E-state index contributed by atoms with van der Waals surface area (Å²) in [7, 11) is 0. The van der Waals surface area contributed by atoms with Crippen molar-refractivity contribution in [2.75, 3.05) is 5.75 Å². The van der Waals surface area contributed by atoms with Crippen molar-refractivity contribution in [1.82, 2.24) is 0 Å². The molecular formula is C79H99NS2. The highest BCUT2D eigenvalue weighted by Gasteiger charge is 2.44. The van der Waals surface area contributed by atoms with Crippen LogP contribution in [0.5, 0.6) is 0 Å². The van der Waals surface area contributed by atoms with E-state index in [4.69, 9.17) is 4.99 Å². The monoisotopic (exact) mass is 1130 g/mol. The topological polar surface area (TPSA) is 12.4 Å². The number of benzene rings is 5. The molecule has 5 aromatic carbocycles. The van der Waals surface area contributed by atoms with E-state index >= 15 is 0 Å². The van der Waals surface area contributed by atoms with Crippen LogP contribution in [0.3, 0.4) is 0 Å². The Hall–Kier alpha value is -4.96. The molecular weight excluding hydrogens is 1030 g/mol. The zero-order chi connectivity index (χ0) is 57.6. The van der Waals surface area contributed by atoms with Crippen molar-refractivity contribution >= 4 is 50.5 Å². The average molecular weight is 1130 g/mol. The molecule has 0 spiro atoms. The van der Waals surface area contributed by atoms with Crippen molar-refractivity contribution in [3.8, 4) is 21.6 Å². The minimum absolute atomic E-state index is 0.0160. The second-order valence-electron chi connectivity index (χ2n) is 27.3. The second kappa shape index (κ2) is 26.5. The van der Waals surface area contributed by atoms with Gasteiger partial charge in [0.15, 0.2) is 0 Å². The number of unbranched alkanes of at least 4 members (excludes halogenated alkanes) is 10. The van der Waals surface area contributed by atoms with Gasteiger partial charge in [-0.3, -0.25) is 0 Å². The quantitative estimate of drug-likeness (QED) is 0.0583. The Labute approximate surface area is 506 Å². The Morgan fingerprint density at radius 2 is 1.20 bits per heavy atom. The zero-order valence-electron chi connectivity index (χ0n) is 52.5. The number of hydrogen-bond acceptors (Lipinski definition) is 3. The van der Waals surface area contributed by atoms with E-state index in [1.54, 1.807) is 16.7 Å². The third-order valence-corrected chi connectivity index (χ3v) is 22.1. The first-order chi connectivity index (χ1) is 39.7. The van der Waals surface area contributed by atoms with E-state index < -0.39 is 0 Å². The number of hydrogen-bond donors (Lipinski definition) is 0. The highest BCUT2D eigenvalue weighted by Crippen LogP contribution is 2.58. The van der Waals surface area contributed by atoms with Crippen molar-refractivity contribution < 1.29 is 0 Å². The van der Waals surface area contributed by atoms with Crippen LogP contribution in [0.1, 0.15) is 259 Å². The molecule has 432 valence electrons. The molecule has 82 heavy (non-hydrogen) atoms. The smallest absolute Gasteiger partial charge is 0.0784 e. The summed E-state index contributed by atoms with van der Waals surface area (Å²) in [6, 6.07) is 45.4. The molecule has 0 amide bonds. The first-order valence-electron chi connectivity index (χ1n) is 32.8. The lowest BCUT2D eigenvalue weighted by Gasteiger charge is -2.37. The van der Waals surface area contributed by atoms with Crippen LogP contribution in [-0.4, -0.2) is 11.5 Å². The number of allylic oxidation sites excluding steroid dienone is 5. The predicted octanol–water partition coefficient (Wildman–Crippen LogP) is 24.4. The van der Waals surface area contributed by atoms with Crippen molar-refractivity contribution in [2.45, 2.75) is 227 Å². The molecule has 1 saturated carbocycles. The summed E-state index contributed by atoms with van der Waals surface area (Å²) in [6.45, 7) is 26.4. The lowest BCUT2D eigenvalue weighted by atomic mass is 9.68. The van der Waals surface area contributed by atoms with Gasteiger partial charge >= 0.3 is 0 Å². The van der Waals surface area contributed by atoms with Gasteiger partial charge in [0.05, 0.1) is 11.4 Å². The number of nitrogens with zero attached hydrogens (tertiary/aromatic N) is 1. The summed E-state index contributed by atoms with van der Waals surface area (Å²) in [5, 5.41) is 0. The van der Waals surface area contributed by atoms with Gasteiger partial charge < -0.3 is 0 Å². The maximum atomic E-state index is 6.14. The van der Waals surface area contributed by atoms with Crippen molar-refractivity contribution in [3.63, 3.8) is 0 Å². The fourth-order valence-electron chi connectivity index (χ4n) is 14.5. The largest absolute Gasteiger partial charge is 0.247 e. The minimum atomic E-state index is 0.0160. The zero-order valence-corrected chi connectivity index (χ0v) is 54.1. The van der Waals surface area contributed by atoms with Crippen LogP contribution in [0.4, 0.5) is 5.69 Å². The molecule has 0 N–H and O–H groups in total. The Kier molecular flexibility index (Phi) is 19.5. The molecule has 6 aromatic rings. The van der Waals surface area contributed by atoms with Crippen LogP contribution in [0.15, 0.2) is 138 Å². The molecule has 3 atom stereocenters. The van der Waals surface area contributed by atoms with Crippen LogP contribution in [0, 0.1) is 11.8 Å². The van der Waals surface area contributed by atoms with Gasteiger partial charge in [-0.15, -0.1) is 23.1 Å². The number of thiophene rings is 1. The molecule has 0 bridgehead atoms. The fourth-order valence-corrected chi connectivity index (χ4v) is 17.0. The Bertz CT molecular complexity index is 3270. The molecule has 10 rings (SSSR count). The molecule has 0 radical (unpaired) electrons. The van der Waals surface area contributed by atoms with E-state index in [9.17, 15) is 0 Å². The van der Waals surface area contributed by atoms with E-state index in [1.165, 1.54) is 190 Å². The molecule has 3 heterocycles. The van der Waals surface area contributed by atoms with Crippen LogP contribution in [0.25, 0.3) is 37.6 Å². The van der Waals surface area contributed by atoms with Crippen molar-refractivity contribution in [2.24, 2.45) is 16.8 Å². The standard InChI is InChI=1S/C79H99NS2/c1-12-16-18-20-22-30-46-79(47-31-23-21-19-17-13-2)69-51-59(38-41-64(69)65-42-39-61(53-70(65)79)77(6,7)8)75-68(62-40-37-54(62)5)50-58(45-48-81-75)63-43-44-66(71-52-60(32-14-3)76(82-71)78(9,10)11)72-55(15-4)49-67(56-33-26-24-27-34-56)73(80-74(63)72)57-35-28-25-29-36-57/h24-29,33-36,38-39,41-44,49-55,62H,12-23,30-32,37,40,45-48H2,1-11H3/t54-,55?,62?/m1/s1. The van der Waals surface area contributed by atoms with E-state index in [0.29, 0.717) is 11.8 Å². The maximum absolute atomic E-state index is 6.14. The number of aryl methyl sites for hydroxylation is 1. The normalized spacial score (nSPS) is 18.7. The molecule has 2 aliphatic carbocycles. The van der Waals surface area contributed by atoms with E-state index in [1.807, 2.05) is 11.3 Å². The fraction of sp³-hybridized carbons (Fsp3) is 0.481. The molecule has 2 unspecified atom stereocenters. The summed E-state index contributed by atoms with van der Waals surface area (Å²) in [6.07, 6.45) is 30.5. The van der Waals surface area contributed by atoms with Gasteiger partial charge in [-0.25, -0.2) is 4.99 Å². The Balaban J connectivity index is 1.17. The van der Waals surface area contributed by atoms with Crippen molar-refractivity contribution in [3.05, 3.63) is 188 Å². The summed E-state index contributed by atoms with van der Waals surface area (Å²) in [5.41, 5.74) is 23.8. The van der Waals surface area contributed by atoms with Gasteiger partial charge in [0.1, 0.15) is 0 Å². The summed E-state index contributed by atoms with van der Waals surface area (Å²) in [4.78, 5) is 10.6. The molecule has 3 heteroatoms. The number of fused-ring (bicyclic) bond motifs is 4. The number of thioether (sulfide) groups is 1. The molecule has 0 saturated heterocycles. The highest BCUT2D eigenvalue weighted by atomic mass is 32.2. The van der Waals surface area contributed by atoms with Crippen LogP contribution in [0.2, 0.25) is 0 Å². The molecule has 1 aromatic heterocycles. The average Bonchev–Trinajstić information content (AvgIpc) is 1.97. The predicted molar refractivity (Wildman–Crippen MR) is 364 cm³/mol. The van der Waals surface area contributed by atoms with E-state index in [-0.39, 0.29) is 22.2 Å². The highest BCUT2D eigenvalue weighted by molar-refractivity contribution is 8.08. The SMILES string of the molecule is CCCCCCCCC1(CCCCCCCC)c2cc(C3=C(C4CC[C@H]4C)C=C(c4ccc(-c5cc(CCC)c(C(C)(C)C)s5)c5c4N=C(c4ccccc4)C(c4ccccc4)=CC5CC)CCS3)ccc2-c2ccc(C(C)(C)C)cc21. The third-order valence-electron chi connectivity index (χ3n) is 19.3. The first-order valence-corrected chi connectivity index (χ1v) is 34.6. The lowest BCUT2D eigenvalue weighted by molar-refractivity contribution is 0.242. The van der Waals surface area contributed by atoms with Crippen molar-refractivity contribution in [1.29, 1.82) is 0 Å². The van der Waals surface area contributed by atoms with Gasteiger partial charge in [-0.05, 0) is 147 Å². The maximum Gasteiger partial charge on any atom is 0.0784 e. The first kappa shape index (κ1) is 60.2. The van der Waals surface area contributed by atoms with E-state index in [2.05, 4.69) is 215 Å². The number of aliphatic imine (C=N–C) groups is 1. The van der Waals surface area contributed by atoms with Gasteiger partial charge in [0.25, 0.3) is 0 Å². The van der Waals surface area contributed by atoms with Gasteiger partial charge in [0, 0.05) is 48.4 Å². The van der Waals surface area contributed by atoms with Gasteiger partial charge in [-0.1, -0.05) is 275 Å². The summed E-state index contributed by atoms with van der Waals surface area (Å²) in [5.74, 6) is 2.38. The van der Waals surface area contributed by atoms with Gasteiger partial charge in [-0.2, -0.15) is 0 Å². The van der Waals surface area contributed by atoms with Crippen LogP contribution >= 0.6 is 23.1 Å². The molecule has 2 aliphatic heterocycles. The van der Waals surface area contributed by atoms with Crippen LogP contribution in [-0.2, 0) is 22.7 Å². The summed E-state index contributed by atoms with van der Waals surface area (Å²) < 4.78 is 0. The van der Waals surface area contributed by atoms with E-state index in [0.717, 1.165) is 37.1 Å². The van der Waals surface area contributed by atoms with Crippen LogP contribution < -0.4 is 0 Å². The minimum Gasteiger partial charge on any atom is -0.247 e. The lowest BCUT2D eigenvalue weighted by Crippen LogP contribution is -2.27. The molecule has 1 fully saturated rings. The Morgan fingerprint density at radius 3 is 1.79 bits per heavy atom. The summed E-state index contributed by atoms with van der Waals surface area (Å²) >= 11 is 4.18. The number of rotatable bonds is 23. The second-order valence-corrected chi connectivity index (χ2v) is 29.4. The molecule has 4 aliphatic rings. The van der Waals surface area contributed by atoms with Gasteiger partial charge in [0.2, 0.25) is 0 Å². The third kappa shape index (κ3) is 12.7. The Morgan fingerprint density at radius 1 is 0.585 bits per heavy atom. The molecule has 1 nitrogen and oxygen atoms in total.